The normalized spacial score (nSPS) is 13.7. The van der Waals surface area contributed by atoms with E-state index in [9.17, 15) is 23.6 Å². The maximum Gasteiger partial charge on any atom is 0.329 e. The molecule has 0 spiro atoms. The number of benzene rings is 3. The molecule has 0 saturated carbocycles. The predicted octanol–water partition coefficient (Wildman–Crippen LogP) is 4.35. The van der Waals surface area contributed by atoms with Crippen molar-refractivity contribution in [1.29, 1.82) is 0 Å². The van der Waals surface area contributed by atoms with Gasteiger partial charge in [0.1, 0.15) is 18.1 Å². The molecular weight excluding hydrogens is 543 g/mol. The zero-order valence-corrected chi connectivity index (χ0v) is 22.2. The van der Waals surface area contributed by atoms with Gasteiger partial charge in [0, 0.05) is 5.69 Å². The van der Waals surface area contributed by atoms with Gasteiger partial charge in [0.2, 0.25) is 5.91 Å². The molecule has 3 aromatic rings. The number of imide groups is 1. The van der Waals surface area contributed by atoms with Crippen LogP contribution in [-0.2, 0) is 14.4 Å². The monoisotopic (exact) mass is 566 g/mol. The van der Waals surface area contributed by atoms with Crippen LogP contribution in [0.15, 0.2) is 66.4 Å². The Hall–Kier alpha value is -4.90. The van der Waals surface area contributed by atoms with Crippen molar-refractivity contribution in [3.63, 3.8) is 0 Å². The van der Waals surface area contributed by atoms with Crippen LogP contribution in [0.1, 0.15) is 11.1 Å². The molecule has 1 heterocycles. The van der Waals surface area contributed by atoms with Crippen LogP contribution < -0.4 is 25.4 Å². The summed E-state index contributed by atoms with van der Waals surface area (Å²) in [6.07, 6.45) is 1.34. The van der Waals surface area contributed by atoms with E-state index in [0.29, 0.717) is 16.2 Å². The van der Waals surface area contributed by atoms with Crippen molar-refractivity contribution in [2.75, 3.05) is 30.9 Å². The highest BCUT2D eigenvalue weighted by molar-refractivity contribution is 6.32. The van der Waals surface area contributed by atoms with Gasteiger partial charge in [-0.2, -0.15) is 0 Å². The summed E-state index contributed by atoms with van der Waals surface area (Å²) in [6, 6.07) is 14.9. The summed E-state index contributed by atoms with van der Waals surface area (Å²) in [4.78, 5) is 50.5. The second kappa shape index (κ2) is 12.3. The van der Waals surface area contributed by atoms with E-state index in [2.05, 4.69) is 16.0 Å². The van der Waals surface area contributed by atoms with Crippen LogP contribution in [-0.4, -0.2) is 48.9 Å². The smallest absolute Gasteiger partial charge is 0.329 e. The minimum Gasteiger partial charge on any atom is -0.493 e. The molecule has 206 valence electrons. The number of ether oxygens (including phenoxy) is 2. The Labute approximate surface area is 233 Å². The van der Waals surface area contributed by atoms with E-state index in [1.54, 1.807) is 12.1 Å². The topological polar surface area (TPSA) is 126 Å². The van der Waals surface area contributed by atoms with E-state index in [1.165, 1.54) is 49.6 Å². The SMILES string of the molecule is COc1cc(/C=C2/NC(=O)N(CC(=O)Nc3ccccc3F)C2=O)cc(Cl)c1OCC(=O)Nc1ccc(C)cc1. The van der Waals surface area contributed by atoms with Gasteiger partial charge >= 0.3 is 6.03 Å². The number of urea groups is 1. The van der Waals surface area contributed by atoms with Crippen molar-refractivity contribution in [1.82, 2.24) is 10.2 Å². The largest absolute Gasteiger partial charge is 0.493 e. The fourth-order valence-electron chi connectivity index (χ4n) is 3.71. The lowest BCUT2D eigenvalue weighted by Gasteiger charge is -2.14. The fourth-order valence-corrected chi connectivity index (χ4v) is 3.99. The number of amides is 5. The van der Waals surface area contributed by atoms with Crippen LogP contribution in [0, 0.1) is 12.7 Å². The number of anilines is 2. The second-order valence-corrected chi connectivity index (χ2v) is 9.05. The van der Waals surface area contributed by atoms with E-state index in [0.717, 1.165) is 5.56 Å². The number of halogens is 2. The molecule has 0 aliphatic carbocycles. The molecule has 12 heteroatoms. The number of para-hydroxylation sites is 1. The lowest BCUT2D eigenvalue weighted by atomic mass is 10.1. The lowest BCUT2D eigenvalue weighted by molar-refractivity contribution is -0.127. The Morgan fingerprint density at radius 3 is 2.48 bits per heavy atom. The van der Waals surface area contributed by atoms with Crippen LogP contribution in [0.25, 0.3) is 6.08 Å². The van der Waals surface area contributed by atoms with Gasteiger partial charge in [0.15, 0.2) is 18.1 Å². The Morgan fingerprint density at radius 2 is 1.77 bits per heavy atom. The second-order valence-electron chi connectivity index (χ2n) is 8.64. The van der Waals surface area contributed by atoms with Gasteiger partial charge in [-0.05, 0) is 55.0 Å². The van der Waals surface area contributed by atoms with Crippen LogP contribution in [0.4, 0.5) is 20.6 Å². The Kier molecular flexibility index (Phi) is 8.65. The average Bonchev–Trinajstić information content (AvgIpc) is 3.17. The maximum atomic E-state index is 13.8. The third-order valence-corrected chi connectivity index (χ3v) is 5.94. The summed E-state index contributed by atoms with van der Waals surface area (Å²) >= 11 is 6.38. The first-order valence-electron chi connectivity index (χ1n) is 11.9. The number of methoxy groups -OCH3 is 1. The summed E-state index contributed by atoms with van der Waals surface area (Å²) in [5.41, 5.74) is 1.85. The standard InChI is InChI=1S/C28H24ClFN4O6/c1-16-7-9-18(10-8-16)31-25(36)15-40-26-19(29)11-17(13-23(26)39-2)12-22-27(37)34(28(38)33-22)14-24(35)32-21-6-4-3-5-20(21)30/h3-13H,14-15H2,1-2H3,(H,31,36)(H,32,35)(H,33,38)/b22-12+. The first-order chi connectivity index (χ1) is 19.1. The van der Waals surface area contributed by atoms with Gasteiger partial charge < -0.3 is 25.4 Å². The molecular formula is C28H24ClFN4O6. The number of hydrogen-bond acceptors (Lipinski definition) is 6. The minimum absolute atomic E-state index is 0.0769. The van der Waals surface area contributed by atoms with Gasteiger partial charge in [-0.1, -0.05) is 41.4 Å². The molecule has 0 radical (unpaired) electrons. The van der Waals surface area contributed by atoms with E-state index in [4.69, 9.17) is 21.1 Å². The molecule has 3 aromatic carbocycles. The third kappa shape index (κ3) is 6.75. The van der Waals surface area contributed by atoms with E-state index in [-0.39, 0.29) is 34.5 Å². The summed E-state index contributed by atoms with van der Waals surface area (Å²) in [7, 11) is 1.38. The van der Waals surface area contributed by atoms with E-state index in [1.807, 2.05) is 19.1 Å². The van der Waals surface area contributed by atoms with Crippen LogP contribution in [0.5, 0.6) is 11.5 Å². The van der Waals surface area contributed by atoms with Crippen LogP contribution >= 0.6 is 11.6 Å². The van der Waals surface area contributed by atoms with Crippen molar-refractivity contribution < 1.29 is 33.0 Å². The van der Waals surface area contributed by atoms with Crippen LogP contribution in [0.2, 0.25) is 5.02 Å². The number of rotatable bonds is 9. The van der Waals surface area contributed by atoms with Gasteiger partial charge in [-0.25, -0.2) is 14.1 Å². The molecule has 0 unspecified atom stereocenters. The number of nitrogens with zero attached hydrogens (tertiary/aromatic N) is 1. The molecule has 0 aromatic heterocycles. The number of nitrogens with one attached hydrogen (secondary N) is 3. The predicted molar refractivity (Wildman–Crippen MR) is 147 cm³/mol. The van der Waals surface area contributed by atoms with Gasteiger partial charge in [0.05, 0.1) is 17.8 Å². The van der Waals surface area contributed by atoms with Crippen molar-refractivity contribution >= 4 is 52.8 Å². The van der Waals surface area contributed by atoms with Crippen molar-refractivity contribution in [3.8, 4) is 11.5 Å². The van der Waals surface area contributed by atoms with Gasteiger partial charge in [-0.15, -0.1) is 0 Å². The fraction of sp³-hybridized carbons (Fsp3) is 0.143. The first-order valence-corrected chi connectivity index (χ1v) is 12.3. The molecule has 0 bridgehead atoms. The number of hydrogen-bond donors (Lipinski definition) is 3. The van der Waals surface area contributed by atoms with Crippen LogP contribution in [0.3, 0.4) is 0 Å². The molecule has 1 fully saturated rings. The van der Waals surface area contributed by atoms with E-state index < -0.39 is 36.1 Å². The molecule has 5 amide bonds. The molecule has 1 saturated heterocycles. The third-order valence-electron chi connectivity index (χ3n) is 5.66. The summed E-state index contributed by atoms with van der Waals surface area (Å²) in [5, 5.41) is 7.52. The molecule has 1 aliphatic heterocycles. The lowest BCUT2D eigenvalue weighted by Crippen LogP contribution is -2.38. The van der Waals surface area contributed by atoms with Crippen molar-refractivity contribution in [2.24, 2.45) is 0 Å². The number of carbonyl (C=O) groups excluding carboxylic acids is 4. The zero-order valence-electron chi connectivity index (χ0n) is 21.4. The maximum absolute atomic E-state index is 13.8. The average molecular weight is 567 g/mol. The molecule has 40 heavy (non-hydrogen) atoms. The highest BCUT2D eigenvalue weighted by Crippen LogP contribution is 2.37. The zero-order chi connectivity index (χ0) is 28.8. The van der Waals surface area contributed by atoms with Crippen molar-refractivity contribution in [2.45, 2.75) is 6.92 Å². The molecule has 4 rings (SSSR count). The Bertz CT molecular complexity index is 1510. The van der Waals surface area contributed by atoms with E-state index >= 15 is 0 Å². The Morgan fingerprint density at radius 1 is 1.05 bits per heavy atom. The number of aryl methyl sites for hydroxylation is 1. The van der Waals surface area contributed by atoms with Gasteiger partial charge in [-0.3, -0.25) is 14.4 Å². The summed E-state index contributed by atoms with van der Waals surface area (Å²) in [5.74, 6) is -2.30. The molecule has 10 nitrogen and oxygen atoms in total. The first kappa shape index (κ1) is 28.1. The minimum atomic E-state index is -0.822. The molecule has 0 atom stereocenters. The quantitative estimate of drug-likeness (QED) is 0.261. The summed E-state index contributed by atoms with van der Waals surface area (Å²) in [6.45, 7) is 0.963. The number of carbonyl (C=O) groups is 4. The Balaban J connectivity index is 1.42. The van der Waals surface area contributed by atoms with Crippen molar-refractivity contribution in [3.05, 3.63) is 88.3 Å². The highest BCUT2D eigenvalue weighted by atomic mass is 35.5. The highest BCUT2D eigenvalue weighted by Gasteiger charge is 2.35. The molecule has 1 aliphatic rings. The molecule has 3 N–H and O–H groups in total. The van der Waals surface area contributed by atoms with Gasteiger partial charge in [0.25, 0.3) is 11.8 Å². The summed E-state index contributed by atoms with van der Waals surface area (Å²) < 4.78 is 24.7.